The molecule has 2 N–H and O–H groups in total. The Bertz CT molecular complexity index is 544. The predicted molar refractivity (Wildman–Crippen MR) is 66.8 cm³/mol. The van der Waals surface area contributed by atoms with Crippen LogP contribution in [0, 0.1) is 12.7 Å². The number of nitrogens with two attached hydrogens (primary N) is 1. The summed E-state index contributed by atoms with van der Waals surface area (Å²) in [7, 11) is 0. The van der Waals surface area contributed by atoms with Gasteiger partial charge in [0.2, 0.25) is 0 Å². The van der Waals surface area contributed by atoms with Crippen LogP contribution in [-0.2, 0) is 0 Å². The average Bonchev–Trinajstić information content (AvgIpc) is 2.60. The van der Waals surface area contributed by atoms with Crippen LogP contribution in [-0.4, -0.2) is 9.78 Å². The molecule has 1 aromatic heterocycles. The van der Waals surface area contributed by atoms with Crippen LogP contribution >= 0.6 is 0 Å². The largest absolute Gasteiger partial charge is 0.396 e. The van der Waals surface area contributed by atoms with Gasteiger partial charge in [0.05, 0.1) is 23.3 Å². The van der Waals surface area contributed by atoms with E-state index in [4.69, 9.17) is 5.73 Å². The van der Waals surface area contributed by atoms with E-state index >= 15 is 0 Å². The van der Waals surface area contributed by atoms with Crippen molar-refractivity contribution in [2.75, 3.05) is 5.73 Å². The monoisotopic (exact) mass is 233 g/mol. The van der Waals surface area contributed by atoms with E-state index in [2.05, 4.69) is 18.9 Å². The number of hydrogen-bond donors (Lipinski definition) is 1. The number of rotatable bonds is 2. The van der Waals surface area contributed by atoms with Gasteiger partial charge < -0.3 is 5.73 Å². The van der Waals surface area contributed by atoms with Gasteiger partial charge in [0.15, 0.2) is 0 Å². The van der Waals surface area contributed by atoms with Gasteiger partial charge in [0.25, 0.3) is 0 Å². The Morgan fingerprint density at radius 2 is 2.06 bits per heavy atom. The summed E-state index contributed by atoms with van der Waals surface area (Å²) < 4.78 is 14.9. The smallest absolute Gasteiger partial charge is 0.123 e. The number of hydrogen-bond acceptors (Lipinski definition) is 2. The van der Waals surface area contributed by atoms with Crippen molar-refractivity contribution >= 4 is 5.69 Å². The quantitative estimate of drug-likeness (QED) is 0.866. The Morgan fingerprint density at radius 1 is 1.35 bits per heavy atom. The van der Waals surface area contributed by atoms with Crippen LogP contribution < -0.4 is 5.73 Å². The van der Waals surface area contributed by atoms with Crippen LogP contribution in [0.15, 0.2) is 24.4 Å². The molecule has 0 atom stereocenters. The minimum atomic E-state index is -0.238. The van der Waals surface area contributed by atoms with Crippen LogP contribution in [0.2, 0.25) is 0 Å². The van der Waals surface area contributed by atoms with Gasteiger partial charge in [0, 0.05) is 0 Å². The maximum atomic E-state index is 13.1. The molecule has 0 fully saturated rings. The highest BCUT2D eigenvalue weighted by Crippen LogP contribution is 2.26. The fraction of sp³-hybridized carbons (Fsp3) is 0.308. The second-order valence-corrected chi connectivity index (χ2v) is 4.48. The van der Waals surface area contributed by atoms with Crippen LogP contribution in [0.5, 0.6) is 0 Å². The van der Waals surface area contributed by atoms with Gasteiger partial charge in [-0.2, -0.15) is 5.10 Å². The average molecular weight is 233 g/mol. The van der Waals surface area contributed by atoms with Gasteiger partial charge in [0.1, 0.15) is 5.82 Å². The Labute approximate surface area is 100 Å². The van der Waals surface area contributed by atoms with Crippen LogP contribution in [0.25, 0.3) is 5.69 Å². The van der Waals surface area contributed by atoms with Crippen molar-refractivity contribution < 1.29 is 4.39 Å². The Kier molecular flexibility index (Phi) is 2.88. The molecular formula is C13H16FN3. The first-order valence-electron chi connectivity index (χ1n) is 5.60. The molecular weight excluding hydrogens is 217 g/mol. The predicted octanol–water partition coefficient (Wildman–Crippen LogP) is 3.03. The molecule has 0 saturated carbocycles. The fourth-order valence-electron chi connectivity index (χ4n) is 2.00. The van der Waals surface area contributed by atoms with E-state index in [-0.39, 0.29) is 11.7 Å². The molecule has 0 bridgehead atoms. The zero-order valence-electron chi connectivity index (χ0n) is 10.2. The molecule has 1 aromatic carbocycles. The van der Waals surface area contributed by atoms with E-state index < -0.39 is 0 Å². The first-order chi connectivity index (χ1) is 8.00. The lowest BCUT2D eigenvalue weighted by Crippen LogP contribution is -2.07. The van der Waals surface area contributed by atoms with Gasteiger partial charge in [-0.25, -0.2) is 9.07 Å². The van der Waals surface area contributed by atoms with E-state index in [9.17, 15) is 4.39 Å². The summed E-state index contributed by atoms with van der Waals surface area (Å²) >= 11 is 0. The molecule has 0 spiro atoms. The molecule has 1 heterocycles. The van der Waals surface area contributed by atoms with Crippen molar-refractivity contribution in [2.24, 2.45) is 0 Å². The van der Waals surface area contributed by atoms with Gasteiger partial charge >= 0.3 is 0 Å². The van der Waals surface area contributed by atoms with Crippen molar-refractivity contribution in [3.8, 4) is 5.69 Å². The summed E-state index contributed by atoms with van der Waals surface area (Å²) in [4.78, 5) is 0. The van der Waals surface area contributed by atoms with Crippen molar-refractivity contribution in [1.82, 2.24) is 9.78 Å². The number of nitrogens with zero attached hydrogens (tertiary/aromatic N) is 2. The van der Waals surface area contributed by atoms with Crippen molar-refractivity contribution in [3.05, 3.63) is 41.5 Å². The number of benzene rings is 1. The zero-order valence-corrected chi connectivity index (χ0v) is 10.2. The minimum Gasteiger partial charge on any atom is -0.396 e. The maximum absolute atomic E-state index is 13.1. The molecule has 4 heteroatoms. The van der Waals surface area contributed by atoms with E-state index in [0.29, 0.717) is 5.69 Å². The first kappa shape index (κ1) is 11.6. The number of anilines is 1. The SMILES string of the molecule is Cc1cc(F)ccc1-n1ncc(N)c1C(C)C. The third-order valence-electron chi connectivity index (χ3n) is 2.77. The van der Waals surface area contributed by atoms with Gasteiger partial charge in [-0.3, -0.25) is 0 Å². The number of halogens is 1. The zero-order chi connectivity index (χ0) is 12.6. The normalized spacial score (nSPS) is 11.1. The third kappa shape index (κ3) is 2.02. The summed E-state index contributed by atoms with van der Waals surface area (Å²) in [6.07, 6.45) is 1.64. The first-order valence-corrected chi connectivity index (χ1v) is 5.60. The van der Waals surface area contributed by atoms with Gasteiger partial charge in [-0.05, 0) is 36.6 Å². The highest BCUT2D eigenvalue weighted by atomic mass is 19.1. The lowest BCUT2D eigenvalue weighted by Gasteiger charge is -2.13. The Balaban J connectivity index is 2.61. The number of aromatic nitrogens is 2. The lowest BCUT2D eigenvalue weighted by atomic mass is 10.1. The van der Waals surface area contributed by atoms with E-state index in [1.54, 1.807) is 16.9 Å². The Morgan fingerprint density at radius 3 is 2.65 bits per heavy atom. The Hall–Kier alpha value is -1.84. The number of nitrogen functional groups attached to an aromatic ring is 1. The van der Waals surface area contributed by atoms with Gasteiger partial charge in [-0.1, -0.05) is 13.8 Å². The summed E-state index contributed by atoms with van der Waals surface area (Å²) in [6.45, 7) is 5.98. The van der Waals surface area contributed by atoms with E-state index in [0.717, 1.165) is 16.9 Å². The lowest BCUT2D eigenvalue weighted by molar-refractivity contribution is 0.625. The van der Waals surface area contributed by atoms with Crippen molar-refractivity contribution in [3.63, 3.8) is 0 Å². The molecule has 0 amide bonds. The molecule has 0 aliphatic carbocycles. The molecule has 2 aromatic rings. The standard InChI is InChI=1S/C13H16FN3/c1-8(2)13-11(15)7-16-17(13)12-5-4-10(14)6-9(12)3/h4-8H,15H2,1-3H3. The molecule has 0 aliphatic rings. The number of aryl methyl sites for hydroxylation is 1. The van der Waals surface area contributed by atoms with E-state index in [1.165, 1.54) is 12.1 Å². The van der Waals surface area contributed by atoms with Crippen LogP contribution in [0.3, 0.4) is 0 Å². The van der Waals surface area contributed by atoms with Gasteiger partial charge in [-0.15, -0.1) is 0 Å². The highest BCUT2D eigenvalue weighted by Gasteiger charge is 2.14. The summed E-state index contributed by atoms with van der Waals surface area (Å²) in [5, 5.41) is 4.27. The minimum absolute atomic E-state index is 0.238. The summed E-state index contributed by atoms with van der Waals surface area (Å²) in [5.41, 5.74) is 9.24. The van der Waals surface area contributed by atoms with Crippen LogP contribution in [0.4, 0.5) is 10.1 Å². The van der Waals surface area contributed by atoms with Crippen LogP contribution in [0.1, 0.15) is 31.0 Å². The second kappa shape index (κ2) is 4.20. The molecule has 17 heavy (non-hydrogen) atoms. The van der Waals surface area contributed by atoms with Crippen molar-refractivity contribution in [1.29, 1.82) is 0 Å². The fourth-order valence-corrected chi connectivity index (χ4v) is 2.00. The summed E-state index contributed by atoms with van der Waals surface area (Å²) in [6, 6.07) is 4.66. The molecule has 0 saturated heterocycles. The molecule has 3 nitrogen and oxygen atoms in total. The van der Waals surface area contributed by atoms with Crippen molar-refractivity contribution in [2.45, 2.75) is 26.7 Å². The maximum Gasteiger partial charge on any atom is 0.123 e. The molecule has 0 aliphatic heterocycles. The topological polar surface area (TPSA) is 43.8 Å². The molecule has 0 unspecified atom stereocenters. The second-order valence-electron chi connectivity index (χ2n) is 4.48. The highest BCUT2D eigenvalue weighted by molar-refractivity contribution is 5.49. The third-order valence-corrected chi connectivity index (χ3v) is 2.77. The summed E-state index contributed by atoms with van der Waals surface area (Å²) in [5.74, 6) is 0.0272. The van der Waals surface area contributed by atoms with E-state index in [1.807, 2.05) is 6.92 Å². The molecule has 90 valence electrons. The molecule has 0 radical (unpaired) electrons. The molecule has 2 rings (SSSR count).